The molecule has 0 radical (unpaired) electrons. The van der Waals surface area contributed by atoms with E-state index in [9.17, 15) is 4.79 Å². The second kappa shape index (κ2) is 6.56. The number of carbonyl (C=O) groups is 1. The first-order valence-electron chi connectivity index (χ1n) is 8.89. The zero-order chi connectivity index (χ0) is 19.1. The highest BCUT2D eigenvalue weighted by Crippen LogP contribution is 2.35. The molecule has 1 fully saturated rings. The Labute approximate surface area is 160 Å². The van der Waals surface area contributed by atoms with E-state index in [1.54, 1.807) is 30.2 Å². The number of para-hydroxylation sites is 1. The molecular formula is C20H17N3O5. The molecule has 3 heterocycles. The lowest BCUT2D eigenvalue weighted by Gasteiger charge is -2.37. The van der Waals surface area contributed by atoms with Crippen molar-refractivity contribution in [3.8, 4) is 28.6 Å². The molecule has 0 bridgehead atoms. The van der Waals surface area contributed by atoms with E-state index in [0.29, 0.717) is 47.6 Å². The summed E-state index contributed by atoms with van der Waals surface area (Å²) >= 11 is 0. The van der Waals surface area contributed by atoms with Crippen LogP contribution in [-0.2, 0) is 0 Å². The van der Waals surface area contributed by atoms with Crippen molar-refractivity contribution in [2.75, 3.05) is 27.0 Å². The van der Waals surface area contributed by atoms with Gasteiger partial charge in [0.25, 0.3) is 5.91 Å². The summed E-state index contributed by atoms with van der Waals surface area (Å²) in [6.07, 6.45) is 0. The van der Waals surface area contributed by atoms with E-state index in [4.69, 9.17) is 18.7 Å². The lowest BCUT2D eigenvalue weighted by atomic mass is 9.98. The molecule has 28 heavy (non-hydrogen) atoms. The Kier molecular flexibility index (Phi) is 3.89. The lowest BCUT2D eigenvalue weighted by molar-refractivity contribution is 0.0569. The molecule has 3 aromatic rings. The van der Waals surface area contributed by atoms with Crippen molar-refractivity contribution in [2.45, 2.75) is 5.92 Å². The van der Waals surface area contributed by atoms with Crippen LogP contribution in [0.3, 0.4) is 0 Å². The molecule has 0 unspecified atom stereocenters. The first kappa shape index (κ1) is 16.6. The zero-order valence-electron chi connectivity index (χ0n) is 15.1. The van der Waals surface area contributed by atoms with Crippen LogP contribution in [0.15, 0.2) is 47.0 Å². The third kappa shape index (κ3) is 2.74. The standard InChI is InChI=1S/C20H17N3O5/c1-25-15-5-3-2-4-14(15)18-21-19(28-22-18)13-9-23(10-13)20(24)12-6-7-16-17(8-12)27-11-26-16/h2-8,13H,9-11H2,1H3. The van der Waals surface area contributed by atoms with Gasteiger partial charge in [0.2, 0.25) is 18.5 Å². The minimum atomic E-state index is -0.0565. The van der Waals surface area contributed by atoms with Crippen LogP contribution >= 0.6 is 0 Å². The van der Waals surface area contributed by atoms with Crippen molar-refractivity contribution >= 4 is 5.91 Å². The maximum Gasteiger partial charge on any atom is 0.254 e. The summed E-state index contributed by atoms with van der Waals surface area (Å²) in [5.74, 6) is 2.91. The Bertz CT molecular complexity index is 1040. The molecule has 142 valence electrons. The number of carbonyl (C=O) groups excluding carboxylic acids is 1. The van der Waals surface area contributed by atoms with Crippen LogP contribution in [0, 0.1) is 0 Å². The van der Waals surface area contributed by atoms with E-state index in [1.165, 1.54) is 0 Å². The lowest BCUT2D eigenvalue weighted by Crippen LogP contribution is -2.48. The Morgan fingerprint density at radius 2 is 1.96 bits per heavy atom. The van der Waals surface area contributed by atoms with Crippen molar-refractivity contribution < 1.29 is 23.5 Å². The number of nitrogens with zero attached hydrogens (tertiary/aromatic N) is 3. The Hall–Kier alpha value is -3.55. The van der Waals surface area contributed by atoms with Crippen LogP contribution in [0.4, 0.5) is 0 Å². The second-order valence-corrected chi connectivity index (χ2v) is 6.63. The number of rotatable bonds is 4. The molecule has 8 heteroatoms. The van der Waals surface area contributed by atoms with Crippen molar-refractivity contribution in [3.63, 3.8) is 0 Å². The summed E-state index contributed by atoms with van der Waals surface area (Å²) in [7, 11) is 1.60. The van der Waals surface area contributed by atoms with Gasteiger partial charge in [0.1, 0.15) is 5.75 Å². The Morgan fingerprint density at radius 1 is 1.14 bits per heavy atom. The number of amides is 1. The maximum absolute atomic E-state index is 12.7. The van der Waals surface area contributed by atoms with Gasteiger partial charge < -0.3 is 23.6 Å². The fraction of sp³-hybridized carbons (Fsp3) is 0.250. The number of ether oxygens (including phenoxy) is 3. The van der Waals surface area contributed by atoms with E-state index < -0.39 is 0 Å². The van der Waals surface area contributed by atoms with Crippen LogP contribution in [-0.4, -0.2) is 47.9 Å². The summed E-state index contributed by atoms with van der Waals surface area (Å²) in [4.78, 5) is 18.9. The number of benzene rings is 2. The second-order valence-electron chi connectivity index (χ2n) is 6.63. The highest BCUT2D eigenvalue weighted by molar-refractivity contribution is 5.95. The topological polar surface area (TPSA) is 86.9 Å². The molecule has 2 aliphatic rings. The smallest absolute Gasteiger partial charge is 0.254 e. The first-order chi connectivity index (χ1) is 13.7. The van der Waals surface area contributed by atoms with Gasteiger partial charge in [0.15, 0.2) is 11.5 Å². The maximum atomic E-state index is 12.7. The van der Waals surface area contributed by atoms with Crippen LogP contribution in [0.2, 0.25) is 0 Å². The molecule has 1 amide bonds. The van der Waals surface area contributed by atoms with Crippen molar-refractivity contribution in [3.05, 3.63) is 53.9 Å². The molecule has 5 rings (SSSR count). The van der Waals surface area contributed by atoms with Crippen molar-refractivity contribution in [1.82, 2.24) is 15.0 Å². The summed E-state index contributed by atoms with van der Waals surface area (Å²) in [6, 6.07) is 12.7. The monoisotopic (exact) mass is 379 g/mol. The minimum Gasteiger partial charge on any atom is -0.496 e. The molecule has 0 spiro atoms. The summed E-state index contributed by atoms with van der Waals surface area (Å²) in [5.41, 5.74) is 1.34. The molecule has 0 aliphatic carbocycles. The molecule has 0 saturated carbocycles. The van der Waals surface area contributed by atoms with Gasteiger partial charge in [-0.3, -0.25) is 4.79 Å². The molecule has 2 aliphatic heterocycles. The van der Waals surface area contributed by atoms with Crippen LogP contribution in [0.5, 0.6) is 17.2 Å². The minimum absolute atomic E-state index is 0.0221. The van der Waals surface area contributed by atoms with E-state index >= 15 is 0 Å². The highest BCUT2D eigenvalue weighted by atomic mass is 16.7. The normalized spacial score (nSPS) is 15.4. The van der Waals surface area contributed by atoms with Crippen LogP contribution in [0.25, 0.3) is 11.4 Å². The molecule has 0 atom stereocenters. The molecule has 1 aromatic heterocycles. The SMILES string of the molecule is COc1ccccc1-c1noc(C2CN(C(=O)c3ccc4c(c3)OCO4)C2)n1. The van der Waals surface area contributed by atoms with Gasteiger partial charge in [0.05, 0.1) is 18.6 Å². The number of hydrogen-bond donors (Lipinski definition) is 0. The highest BCUT2D eigenvalue weighted by Gasteiger charge is 2.36. The third-order valence-corrected chi connectivity index (χ3v) is 4.93. The van der Waals surface area contributed by atoms with Gasteiger partial charge >= 0.3 is 0 Å². The fourth-order valence-corrected chi connectivity index (χ4v) is 3.35. The number of aromatic nitrogens is 2. The molecule has 1 saturated heterocycles. The zero-order valence-corrected chi connectivity index (χ0v) is 15.1. The largest absolute Gasteiger partial charge is 0.496 e. The van der Waals surface area contributed by atoms with E-state index in [-0.39, 0.29) is 18.6 Å². The quantitative estimate of drug-likeness (QED) is 0.689. The van der Waals surface area contributed by atoms with Crippen molar-refractivity contribution in [1.29, 1.82) is 0 Å². The van der Waals surface area contributed by atoms with E-state index in [0.717, 1.165) is 5.56 Å². The molecule has 8 nitrogen and oxygen atoms in total. The number of fused-ring (bicyclic) bond motifs is 1. The fourth-order valence-electron chi connectivity index (χ4n) is 3.35. The average molecular weight is 379 g/mol. The summed E-state index contributed by atoms with van der Waals surface area (Å²) in [5, 5.41) is 4.07. The predicted octanol–water partition coefficient (Wildman–Crippen LogP) is 2.71. The van der Waals surface area contributed by atoms with Crippen LogP contribution in [0.1, 0.15) is 22.2 Å². The Morgan fingerprint density at radius 3 is 2.82 bits per heavy atom. The molecule has 2 aromatic carbocycles. The number of likely N-dealkylation sites (tertiary alicyclic amines) is 1. The first-order valence-corrected chi connectivity index (χ1v) is 8.89. The third-order valence-electron chi connectivity index (χ3n) is 4.93. The van der Waals surface area contributed by atoms with Gasteiger partial charge in [0, 0.05) is 18.7 Å². The number of hydrogen-bond acceptors (Lipinski definition) is 7. The molecular weight excluding hydrogens is 362 g/mol. The molecule has 0 N–H and O–H groups in total. The van der Waals surface area contributed by atoms with Crippen LogP contribution < -0.4 is 14.2 Å². The van der Waals surface area contributed by atoms with Gasteiger partial charge in [-0.05, 0) is 30.3 Å². The predicted molar refractivity (Wildman–Crippen MR) is 97.5 cm³/mol. The van der Waals surface area contributed by atoms with Crippen molar-refractivity contribution in [2.24, 2.45) is 0 Å². The van der Waals surface area contributed by atoms with Gasteiger partial charge in [-0.25, -0.2) is 0 Å². The van der Waals surface area contributed by atoms with E-state index in [2.05, 4.69) is 10.1 Å². The summed E-state index contributed by atoms with van der Waals surface area (Å²) in [6.45, 7) is 1.24. The summed E-state index contributed by atoms with van der Waals surface area (Å²) < 4.78 is 21.4. The number of methoxy groups -OCH3 is 1. The van der Waals surface area contributed by atoms with Gasteiger partial charge in [-0.2, -0.15) is 4.98 Å². The van der Waals surface area contributed by atoms with Gasteiger partial charge in [-0.15, -0.1) is 0 Å². The van der Waals surface area contributed by atoms with Gasteiger partial charge in [-0.1, -0.05) is 17.3 Å². The Balaban J connectivity index is 1.27. The average Bonchev–Trinajstić information content (AvgIpc) is 3.35. The van der Waals surface area contributed by atoms with E-state index in [1.807, 2.05) is 24.3 Å².